The average Bonchev–Trinajstić information content (AvgIpc) is 2.29. The lowest BCUT2D eigenvalue weighted by molar-refractivity contribution is -0.128. The molecule has 6 nitrogen and oxygen atoms in total. The molecule has 0 aliphatic carbocycles. The molecular weight excluding hydrogens is 236 g/mol. The maximum absolute atomic E-state index is 11.7. The van der Waals surface area contributed by atoms with Gasteiger partial charge in [-0.15, -0.1) is 0 Å². The number of imide groups is 2. The van der Waals surface area contributed by atoms with Crippen LogP contribution in [0.3, 0.4) is 0 Å². The van der Waals surface area contributed by atoms with E-state index < -0.39 is 17.8 Å². The SMILES string of the molecule is COc1ccc(N2C(=O)CC(=O)NC2=O)c(C)c1. The van der Waals surface area contributed by atoms with Gasteiger partial charge >= 0.3 is 6.03 Å². The summed E-state index contributed by atoms with van der Waals surface area (Å²) in [6, 6.07) is 4.26. The second-order valence-corrected chi connectivity index (χ2v) is 3.91. The molecule has 18 heavy (non-hydrogen) atoms. The maximum Gasteiger partial charge on any atom is 0.335 e. The number of hydrogen-bond donors (Lipinski definition) is 1. The average molecular weight is 248 g/mol. The molecule has 0 aromatic heterocycles. The van der Waals surface area contributed by atoms with Crippen LogP contribution in [0.2, 0.25) is 0 Å². The summed E-state index contributed by atoms with van der Waals surface area (Å²) in [7, 11) is 1.53. The summed E-state index contributed by atoms with van der Waals surface area (Å²) in [5.41, 5.74) is 1.16. The molecule has 1 fully saturated rings. The first-order valence-electron chi connectivity index (χ1n) is 5.34. The highest BCUT2D eigenvalue weighted by atomic mass is 16.5. The number of carbonyl (C=O) groups excluding carboxylic acids is 3. The molecule has 1 saturated heterocycles. The number of aryl methyl sites for hydroxylation is 1. The van der Waals surface area contributed by atoms with Crippen LogP contribution in [-0.2, 0) is 9.59 Å². The molecule has 4 amide bonds. The molecule has 0 radical (unpaired) electrons. The first kappa shape index (κ1) is 12.1. The number of ether oxygens (including phenoxy) is 1. The Labute approximate surface area is 104 Å². The number of amides is 4. The standard InChI is InChI=1S/C12H12N2O4/c1-7-5-8(18-2)3-4-9(7)14-11(16)6-10(15)13-12(14)17/h3-5H,6H2,1-2H3,(H,13,15,17). The molecule has 1 aromatic carbocycles. The number of barbiturate groups is 1. The van der Waals surface area contributed by atoms with Gasteiger partial charge < -0.3 is 4.74 Å². The highest BCUT2D eigenvalue weighted by Gasteiger charge is 2.32. The van der Waals surface area contributed by atoms with Gasteiger partial charge in [0.2, 0.25) is 11.8 Å². The van der Waals surface area contributed by atoms with Crippen molar-refractivity contribution in [2.45, 2.75) is 13.3 Å². The van der Waals surface area contributed by atoms with Gasteiger partial charge in [-0.2, -0.15) is 0 Å². The summed E-state index contributed by atoms with van der Waals surface area (Å²) < 4.78 is 5.05. The summed E-state index contributed by atoms with van der Waals surface area (Å²) in [4.78, 5) is 35.4. The van der Waals surface area contributed by atoms with Gasteiger partial charge in [-0.1, -0.05) is 0 Å². The van der Waals surface area contributed by atoms with Crippen LogP contribution in [-0.4, -0.2) is 25.0 Å². The summed E-state index contributed by atoms with van der Waals surface area (Å²) in [5, 5.41) is 2.11. The number of benzene rings is 1. The third kappa shape index (κ3) is 2.04. The van der Waals surface area contributed by atoms with Gasteiger partial charge in [0, 0.05) is 0 Å². The minimum Gasteiger partial charge on any atom is -0.497 e. The van der Waals surface area contributed by atoms with Crippen molar-refractivity contribution in [1.29, 1.82) is 0 Å². The Bertz CT molecular complexity index is 519. The number of hydrogen-bond acceptors (Lipinski definition) is 4. The van der Waals surface area contributed by atoms with Crippen LogP contribution in [0.4, 0.5) is 10.5 Å². The minimum absolute atomic E-state index is 0.322. The largest absolute Gasteiger partial charge is 0.497 e. The van der Waals surface area contributed by atoms with Crippen LogP contribution < -0.4 is 15.0 Å². The van der Waals surface area contributed by atoms with Crippen molar-refractivity contribution in [3.8, 4) is 5.75 Å². The van der Waals surface area contributed by atoms with E-state index in [9.17, 15) is 14.4 Å². The van der Waals surface area contributed by atoms with Crippen LogP contribution in [0.1, 0.15) is 12.0 Å². The zero-order chi connectivity index (χ0) is 13.3. The van der Waals surface area contributed by atoms with E-state index in [1.54, 1.807) is 25.1 Å². The van der Waals surface area contributed by atoms with E-state index >= 15 is 0 Å². The molecule has 0 saturated carbocycles. The van der Waals surface area contributed by atoms with E-state index in [2.05, 4.69) is 5.32 Å². The molecule has 0 bridgehead atoms. The van der Waals surface area contributed by atoms with E-state index in [4.69, 9.17) is 4.74 Å². The number of nitrogens with one attached hydrogen (secondary N) is 1. The Morgan fingerprint density at radius 2 is 2.00 bits per heavy atom. The summed E-state index contributed by atoms with van der Waals surface area (Å²) >= 11 is 0. The predicted molar refractivity (Wildman–Crippen MR) is 63.4 cm³/mol. The van der Waals surface area contributed by atoms with Crippen molar-refractivity contribution in [1.82, 2.24) is 5.32 Å². The van der Waals surface area contributed by atoms with Crippen molar-refractivity contribution >= 4 is 23.5 Å². The molecule has 0 atom stereocenters. The monoisotopic (exact) mass is 248 g/mol. The number of urea groups is 1. The topological polar surface area (TPSA) is 75.7 Å². The molecule has 2 rings (SSSR count). The zero-order valence-electron chi connectivity index (χ0n) is 10.0. The number of rotatable bonds is 2. The van der Waals surface area contributed by atoms with E-state index in [-0.39, 0.29) is 6.42 Å². The van der Waals surface area contributed by atoms with Gasteiger partial charge in [-0.25, -0.2) is 9.69 Å². The predicted octanol–water partition coefficient (Wildman–Crippen LogP) is 0.977. The second-order valence-electron chi connectivity index (χ2n) is 3.91. The molecule has 1 aliphatic rings. The maximum atomic E-state index is 11.7. The lowest BCUT2D eigenvalue weighted by Gasteiger charge is -2.26. The van der Waals surface area contributed by atoms with Crippen molar-refractivity contribution < 1.29 is 19.1 Å². The fraction of sp³-hybridized carbons (Fsp3) is 0.250. The highest BCUT2D eigenvalue weighted by Crippen LogP contribution is 2.26. The van der Waals surface area contributed by atoms with Gasteiger partial charge in [-0.05, 0) is 30.7 Å². The minimum atomic E-state index is -0.718. The first-order chi connectivity index (χ1) is 8.52. The molecule has 0 spiro atoms. The van der Waals surface area contributed by atoms with Gasteiger partial charge in [0.25, 0.3) is 0 Å². The normalized spacial score (nSPS) is 15.7. The van der Waals surface area contributed by atoms with E-state index in [0.717, 1.165) is 4.90 Å². The summed E-state index contributed by atoms with van der Waals surface area (Å²) in [5.74, 6) is -0.471. The third-order valence-corrected chi connectivity index (χ3v) is 2.66. The van der Waals surface area contributed by atoms with Crippen LogP contribution in [0.5, 0.6) is 5.75 Å². The number of nitrogens with zero attached hydrogens (tertiary/aromatic N) is 1. The Morgan fingerprint density at radius 3 is 2.56 bits per heavy atom. The second kappa shape index (κ2) is 4.48. The molecule has 1 aliphatic heterocycles. The lowest BCUT2D eigenvalue weighted by atomic mass is 10.1. The van der Waals surface area contributed by atoms with Crippen LogP contribution in [0.15, 0.2) is 18.2 Å². The number of methoxy groups -OCH3 is 1. The molecule has 6 heteroatoms. The van der Waals surface area contributed by atoms with E-state index in [1.165, 1.54) is 7.11 Å². The van der Waals surface area contributed by atoms with Crippen LogP contribution >= 0.6 is 0 Å². The first-order valence-corrected chi connectivity index (χ1v) is 5.34. The van der Waals surface area contributed by atoms with E-state index in [1.807, 2.05) is 0 Å². The Kier molecular flexibility index (Phi) is 3.01. The van der Waals surface area contributed by atoms with Gasteiger partial charge in [0.05, 0.1) is 12.8 Å². The Balaban J connectivity index is 2.39. The van der Waals surface area contributed by atoms with Crippen molar-refractivity contribution in [3.05, 3.63) is 23.8 Å². The smallest absolute Gasteiger partial charge is 0.335 e. The van der Waals surface area contributed by atoms with Crippen molar-refractivity contribution in [3.63, 3.8) is 0 Å². The van der Waals surface area contributed by atoms with Gasteiger partial charge in [0.1, 0.15) is 12.2 Å². The molecule has 0 unspecified atom stereocenters. The Morgan fingerprint density at radius 1 is 1.28 bits per heavy atom. The number of anilines is 1. The molecule has 1 heterocycles. The fourth-order valence-corrected chi connectivity index (χ4v) is 1.80. The summed E-state index contributed by atoms with van der Waals surface area (Å²) in [6.07, 6.45) is -0.322. The molecule has 1 aromatic rings. The van der Waals surface area contributed by atoms with Gasteiger partial charge in [0.15, 0.2) is 0 Å². The fourth-order valence-electron chi connectivity index (χ4n) is 1.80. The zero-order valence-corrected chi connectivity index (χ0v) is 10.0. The van der Waals surface area contributed by atoms with Crippen LogP contribution in [0.25, 0.3) is 0 Å². The summed E-state index contributed by atoms with van der Waals surface area (Å²) in [6.45, 7) is 1.76. The number of carbonyl (C=O) groups is 3. The quantitative estimate of drug-likeness (QED) is 0.791. The third-order valence-electron chi connectivity index (χ3n) is 2.66. The molecule has 94 valence electrons. The lowest BCUT2D eigenvalue weighted by Crippen LogP contribution is -2.53. The van der Waals surface area contributed by atoms with Crippen molar-refractivity contribution in [2.24, 2.45) is 0 Å². The van der Waals surface area contributed by atoms with Gasteiger partial charge in [-0.3, -0.25) is 14.9 Å². The van der Waals surface area contributed by atoms with E-state index in [0.29, 0.717) is 17.0 Å². The van der Waals surface area contributed by atoms with Crippen molar-refractivity contribution in [2.75, 3.05) is 12.0 Å². The molecular formula is C12H12N2O4. The van der Waals surface area contributed by atoms with Crippen LogP contribution in [0, 0.1) is 6.92 Å². The molecule has 1 N–H and O–H groups in total. The Hall–Kier alpha value is -2.37. The highest BCUT2D eigenvalue weighted by molar-refractivity contribution is 6.26.